The van der Waals surface area contributed by atoms with Gasteiger partial charge < -0.3 is 19.7 Å². The lowest BCUT2D eigenvalue weighted by Crippen LogP contribution is -2.47. The summed E-state index contributed by atoms with van der Waals surface area (Å²) in [6, 6.07) is 12.1. The van der Waals surface area contributed by atoms with Crippen molar-refractivity contribution in [2.45, 2.75) is 39.3 Å². The van der Waals surface area contributed by atoms with Crippen LogP contribution in [0.4, 0.5) is 5.69 Å². The van der Waals surface area contributed by atoms with Gasteiger partial charge in [-0.1, -0.05) is 23.8 Å². The van der Waals surface area contributed by atoms with Crippen molar-refractivity contribution in [2.24, 2.45) is 0 Å². The van der Waals surface area contributed by atoms with E-state index in [1.807, 2.05) is 25.1 Å². The van der Waals surface area contributed by atoms with Crippen LogP contribution in [-0.4, -0.2) is 25.3 Å². The SMILES string of the molecule is Cc1ccc2c(c1)CCCN2[C@@H](C)C(=O)NCc1ccc2c(c1)OCO2. The van der Waals surface area contributed by atoms with E-state index < -0.39 is 0 Å². The van der Waals surface area contributed by atoms with Crippen LogP contribution >= 0.6 is 0 Å². The number of nitrogens with one attached hydrogen (secondary N) is 1. The summed E-state index contributed by atoms with van der Waals surface area (Å²) < 4.78 is 10.7. The second-order valence-corrected chi connectivity index (χ2v) is 7.01. The predicted octanol–water partition coefficient (Wildman–Crippen LogP) is 3.18. The van der Waals surface area contributed by atoms with E-state index in [1.165, 1.54) is 16.8 Å². The van der Waals surface area contributed by atoms with Crippen molar-refractivity contribution in [1.29, 1.82) is 0 Å². The maximum atomic E-state index is 12.7. The van der Waals surface area contributed by atoms with Gasteiger partial charge in [0.05, 0.1) is 0 Å². The molecule has 2 aromatic carbocycles. The highest BCUT2D eigenvalue weighted by Crippen LogP contribution is 2.32. The van der Waals surface area contributed by atoms with Crippen LogP contribution in [0.15, 0.2) is 36.4 Å². The van der Waals surface area contributed by atoms with Crippen LogP contribution in [0.5, 0.6) is 11.5 Å². The molecule has 1 N–H and O–H groups in total. The summed E-state index contributed by atoms with van der Waals surface area (Å²) in [7, 11) is 0. The van der Waals surface area contributed by atoms with Gasteiger partial charge in [-0.25, -0.2) is 0 Å². The molecule has 1 atom stereocenters. The van der Waals surface area contributed by atoms with Gasteiger partial charge in [0.2, 0.25) is 12.7 Å². The van der Waals surface area contributed by atoms with Crippen molar-refractivity contribution >= 4 is 11.6 Å². The topological polar surface area (TPSA) is 50.8 Å². The quantitative estimate of drug-likeness (QED) is 0.918. The molecule has 0 aliphatic carbocycles. The summed E-state index contributed by atoms with van der Waals surface area (Å²) in [5.41, 5.74) is 4.80. The fourth-order valence-corrected chi connectivity index (χ4v) is 3.69. The number of aryl methyl sites for hydroxylation is 2. The molecule has 2 heterocycles. The van der Waals surface area contributed by atoms with E-state index in [2.05, 4.69) is 35.3 Å². The Hall–Kier alpha value is -2.69. The van der Waals surface area contributed by atoms with E-state index in [4.69, 9.17) is 9.47 Å². The second-order valence-electron chi connectivity index (χ2n) is 7.01. The first-order valence-electron chi connectivity index (χ1n) is 9.14. The Morgan fingerprint density at radius 3 is 2.92 bits per heavy atom. The van der Waals surface area contributed by atoms with Crippen molar-refractivity contribution < 1.29 is 14.3 Å². The van der Waals surface area contributed by atoms with Crippen LogP contribution in [-0.2, 0) is 17.8 Å². The third-order valence-corrected chi connectivity index (χ3v) is 5.14. The molecule has 5 nitrogen and oxygen atoms in total. The van der Waals surface area contributed by atoms with Crippen LogP contribution in [0.25, 0.3) is 0 Å². The standard InChI is InChI=1S/C21H24N2O3/c1-14-5-7-18-17(10-14)4-3-9-23(18)15(2)21(24)22-12-16-6-8-19-20(11-16)26-13-25-19/h5-8,10-11,15H,3-4,9,12-13H2,1-2H3,(H,22,24)/t15-/m0/s1. The summed E-state index contributed by atoms with van der Waals surface area (Å²) in [5.74, 6) is 1.54. The zero-order valence-electron chi connectivity index (χ0n) is 15.2. The lowest BCUT2D eigenvalue weighted by Gasteiger charge is -2.35. The number of carbonyl (C=O) groups is 1. The van der Waals surface area contributed by atoms with Gasteiger partial charge in [0.1, 0.15) is 6.04 Å². The van der Waals surface area contributed by atoms with E-state index in [0.717, 1.165) is 36.4 Å². The molecular formula is C21H24N2O3. The van der Waals surface area contributed by atoms with Crippen molar-refractivity contribution in [3.8, 4) is 11.5 Å². The molecular weight excluding hydrogens is 328 g/mol. The minimum absolute atomic E-state index is 0.0380. The molecule has 0 saturated heterocycles. The zero-order chi connectivity index (χ0) is 18.1. The number of carbonyl (C=O) groups excluding carboxylic acids is 1. The highest BCUT2D eigenvalue weighted by molar-refractivity contribution is 5.85. The number of amides is 1. The third-order valence-electron chi connectivity index (χ3n) is 5.14. The minimum Gasteiger partial charge on any atom is -0.454 e. The Bertz CT molecular complexity index is 834. The summed E-state index contributed by atoms with van der Waals surface area (Å²) >= 11 is 0. The first kappa shape index (κ1) is 16.8. The number of fused-ring (bicyclic) bond motifs is 2. The van der Waals surface area contributed by atoms with Gasteiger partial charge in [-0.3, -0.25) is 4.79 Å². The molecule has 4 rings (SSSR count). The number of ether oxygens (including phenoxy) is 2. The van der Waals surface area contributed by atoms with Gasteiger partial charge in [-0.15, -0.1) is 0 Å². The van der Waals surface area contributed by atoms with Gasteiger partial charge in [0.15, 0.2) is 11.5 Å². The van der Waals surface area contributed by atoms with Crippen LogP contribution in [0, 0.1) is 6.92 Å². The summed E-state index contributed by atoms with van der Waals surface area (Å²) in [6.07, 6.45) is 2.16. The molecule has 2 aromatic rings. The second kappa shape index (κ2) is 6.90. The average molecular weight is 352 g/mol. The number of nitrogens with zero attached hydrogens (tertiary/aromatic N) is 1. The highest BCUT2D eigenvalue weighted by atomic mass is 16.7. The fraction of sp³-hybridized carbons (Fsp3) is 0.381. The molecule has 0 fully saturated rings. The molecule has 0 radical (unpaired) electrons. The lowest BCUT2D eigenvalue weighted by molar-refractivity contribution is -0.122. The Balaban J connectivity index is 1.42. The average Bonchev–Trinajstić information content (AvgIpc) is 3.12. The fourth-order valence-electron chi connectivity index (χ4n) is 3.69. The van der Waals surface area contributed by atoms with Gasteiger partial charge in [0.25, 0.3) is 0 Å². The van der Waals surface area contributed by atoms with Gasteiger partial charge >= 0.3 is 0 Å². The molecule has 0 aromatic heterocycles. The van der Waals surface area contributed by atoms with Crippen molar-refractivity contribution in [2.75, 3.05) is 18.2 Å². The maximum Gasteiger partial charge on any atom is 0.242 e. The third kappa shape index (κ3) is 3.21. The van der Waals surface area contributed by atoms with Gasteiger partial charge in [-0.05, 0) is 56.0 Å². The van der Waals surface area contributed by atoms with Crippen molar-refractivity contribution in [3.63, 3.8) is 0 Å². The summed E-state index contributed by atoms with van der Waals surface area (Å²) in [6.45, 7) is 5.74. The first-order valence-corrected chi connectivity index (χ1v) is 9.14. The van der Waals surface area contributed by atoms with Crippen molar-refractivity contribution in [1.82, 2.24) is 5.32 Å². The molecule has 0 unspecified atom stereocenters. The number of rotatable bonds is 4. The van der Waals surface area contributed by atoms with E-state index in [-0.39, 0.29) is 18.7 Å². The maximum absolute atomic E-state index is 12.7. The van der Waals surface area contributed by atoms with Crippen LogP contribution in [0.2, 0.25) is 0 Å². The first-order chi connectivity index (χ1) is 12.6. The van der Waals surface area contributed by atoms with Crippen molar-refractivity contribution in [3.05, 3.63) is 53.1 Å². The number of hydrogen-bond donors (Lipinski definition) is 1. The van der Waals surface area contributed by atoms with Gasteiger partial charge in [0, 0.05) is 18.8 Å². The predicted molar refractivity (Wildman–Crippen MR) is 101 cm³/mol. The smallest absolute Gasteiger partial charge is 0.242 e. The lowest BCUT2D eigenvalue weighted by atomic mass is 9.98. The van der Waals surface area contributed by atoms with E-state index in [0.29, 0.717) is 6.54 Å². The molecule has 1 amide bonds. The molecule has 0 saturated carbocycles. The molecule has 2 aliphatic heterocycles. The molecule has 0 bridgehead atoms. The highest BCUT2D eigenvalue weighted by Gasteiger charge is 2.26. The number of hydrogen-bond acceptors (Lipinski definition) is 4. The Morgan fingerprint density at radius 1 is 1.19 bits per heavy atom. The Morgan fingerprint density at radius 2 is 2.04 bits per heavy atom. The number of anilines is 1. The van der Waals surface area contributed by atoms with Crippen LogP contribution in [0.1, 0.15) is 30.0 Å². The number of benzene rings is 2. The minimum atomic E-state index is -0.203. The normalized spacial score (nSPS) is 16.2. The van der Waals surface area contributed by atoms with Crippen LogP contribution < -0.4 is 19.7 Å². The van der Waals surface area contributed by atoms with Crippen LogP contribution in [0.3, 0.4) is 0 Å². The Kier molecular flexibility index (Phi) is 4.45. The van der Waals surface area contributed by atoms with E-state index in [1.54, 1.807) is 0 Å². The monoisotopic (exact) mass is 352 g/mol. The van der Waals surface area contributed by atoms with Gasteiger partial charge in [-0.2, -0.15) is 0 Å². The molecule has 2 aliphatic rings. The molecule has 136 valence electrons. The molecule has 5 heteroatoms. The summed E-state index contributed by atoms with van der Waals surface area (Å²) in [4.78, 5) is 14.9. The summed E-state index contributed by atoms with van der Waals surface area (Å²) in [5, 5.41) is 3.05. The van der Waals surface area contributed by atoms with E-state index >= 15 is 0 Å². The Labute approximate surface area is 153 Å². The van der Waals surface area contributed by atoms with E-state index in [9.17, 15) is 4.79 Å². The molecule has 26 heavy (non-hydrogen) atoms. The zero-order valence-corrected chi connectivity index (χ0v) is 15.2. The largest absolute Gasteiger partial charge is 0.454 e. The molecule has 0 spiro atoms.